The molecule has 0 aliphatic carbocycles. The Bertz CT molecular complexity index is 277. The average molecular weight is 213 g/mol. The second-order valence-electron chi connectivity index (χ2n) is 3.02. The first-order valence-corrected chi connectivity index (χ1v) is 6.06. The maximum absolute atomic E-state index is 11.6. The van der Waals surface area contributed by atoms with E-state index in [-0.39, 0.29) is 6.61 Å². The van der Waals surface area contributed by atoms with E-state index in [1.54, 1.807) is 24.5 Å². The predicted molar refractivity (Wildman–Crippen MR) is 56.4 cm³/mol. The van der Waals surface area contributed by atoms with E-state index >= 15 is 0 Å². The van der Waals surface area contributed by atoms with Crippen LogP contribution >= 0.6 is 0 Å². The second-order valence-corrected chi connectivity index (χ2v) is 4.59. The van der Waals surface area contributed by atoms with Gasteiger partial charge in [-0.25, -0.2) is 0 Å². The summed E-state index contributed by atoms with van der Waals surface area (Å²) in [6, 6.07) is 3.56. The molecule has 0 spiro atoms. The molecule has 1 heterocycles. The fourth-order valence-electron chi connectivity index (χ4n) is 1.13. The van der Waals surface area contributed by atoms with Gasteiger partial charge >= 0.3 is 0 Å². The van der Waals surface area contributed by atoms with Gasteiger partial charge < -0.3 is 5.11 Å². The van der Waals surface area contributed by atoms with Crippen molar-refractivity contribution in [2.75, 3.05) is 12.4 Å². The van der Waals surface area contributed by atoms with Gasteiger partial charge in [0.15, 0.2) is 0 Å². The highest BCUT2D eigenvalue weighted by Crippen LogP contribution is 2.06. The fraction of sp³-hybridized carbons (Fsp3) is 0.500. The van der Waals surface area contributed by atoms with Crippen molar-refractivity contribution in [1.82, 2.24) is 4.98 Å². The molecule has 78 valence electrons. The molecule has 0 saturated carbocycles. The zero-order valence-electron chi connectivity index (χ0n) is 8.06. The Labute approximate surface area is 86.6 Å². The maximum Gasteiger partial charge on any atom is 0.0530 e. The lowest BCUT2D eigenvalue weighted by atomic mass is 10.3. The molecule has 0 fully saturated rings. The maximum atomic E-state index is 11.6. The second kappa shape index (κ2) is 6.68. The molecule has 3 nitrogen and oxygen atoms in total. The first kappa shape index (κ1) is 11.3. The molecule has 1 N–H and O–H groups in total. The minimum absolute atomic E-state index is 0.224. The van der Waals surface area contributed by atoms with E-state index in [4.69, 9.17) is 5.11 Å². The van der Waals surface area contributed by atoms with Crippen LogP contribution in [0.25, 0.3) is 0 Å². The number of hydrogen-bond donors (Lipinski definition) is 1. The molecule has 0 aliphatic heterocycles. The summed E-state index contributed by atoms with van der Waals surface area (Å²) in [5.41, 5.74) is 0. The molecule has 1 atom stereocenters. The normalized spacial score (nSPS) is 12.6. The lowest BCUT2D eigenvalue weighted by Crippen LogP contribution is -1.98. The summed E-state index contributed by atoms with van der Waals surface area (Å²) in [4.78, 5) is 4.71. The van der Waals surface area contributed by atoms with Crippen molar-refractivity contribution in [2.24, 2.45) is 0 Å². The summed E-state index contributed by atoms with van der Waals surface area (Å²) in [5.74, 6) is 0.671. The van der Waals surface area contributed by atoms with Gasteiger partial charge in [0.1, 0.15) is 0 Å². The smallest absolute Gasteiger partial charge is 0.0530 e. The highest BCUT2D eigenvalue weighted by atomic mass is 32.2. The van der Waals surface area contributed by atoms with E-state index in [1.807, 2.05) is 0 Å². The van der Waals surface area contributed by atoms with Crippen LogP contribution in [0.1, 0.15) is 19.3 Å². The lowest BCUT2D eigenvalue weighted by Gasteiger charge is -2.00. The van der Waals surface area contributed by atoms with Crippen LogP contribution in [0.3, 0.4) is 0 Å². The lowest BCUT2D eigenvalue weighted by molar-refractivity contribution is 0.284. The van der Waals surface area contributed by atoms with E-state index in [2.05, 4.69) is 4.98 Å². The van der Waals surface area contributed by atoms with Crippen molar-refractivity contribution in [3.8, 4) is 0 Å². The third-order valence-electron chi connectivity index (χ3n) is 1.90. The van der Waals surface area contributed by atoms with Crippen LogP contribution in [0, 0.1) is 0 Å². The molecular weight excluding hydrogens is 198 g/mol. The van der Waals surface area contributed by atoms with Gasteiger partial charge in [0.2, 0.25) is 0 Å². The van der Waals surface area contributed by atoms with E-state index < -0.39 is 10.8 Å². The van der Waals surface area contributed by atoms with Crippen molar-refractivity contribution in [3.05, 3.63) is 24.5 Å². The number of rotatable bonds is 6. The zero-order valence-corrected chi connectivity index (χ0v) is 8.87. The van der Waals surface area contributed by atoms with Gasteiger partial charge in [0.05, 0.1) is 10.8 Å². The Kier molecular flexibility index (Phi) is 5.40. The van der Waals surface area contributed by atoms with E-state index in [0.717, 1.165) is 24.2 Å². The average Bonchev–Trinajstić information content (AvgIpc) is 2.25. The molecule has 0 radical (unpaired) electrons. The molecule has 0 aromatic carbocycles. The van der Waals surface area contributed by atoms with Crippen LogP contribution < -0.4 is 0 Å². The molecule has 1 unspecified atom stereocenters. The fourth-order valence-corrected chi connectivity index (χ4v) is 2.26. The monoisotopic (exact) mass is 213 g/mol. The number of nitrogens with zero attached hydrogens (tertiary/aromatic N) is 1. The summed E-state index contributed by atoms with van der Waals surface area (Å²) in [6.07, 6.45) is 5.94. The van der Waals surface area contributed by atoms with Crippen molar-refractivity contribution in [1.29, 1.82) is 0 Å². The van der Waals surface area contributed by atoms with Crippen molar-refractivity contribution in [3.63, 3.8) is 0 Å². The minimum Gasteiger partial charge on any atom is -0.396 e. The molecule has 4 heteroatoms. The van der Waals surface area contributed by atoms with E-state index in [0.29, 0.717) is 5.75 Å². The van der Waals surface area contributed by atoms with Gasteiger partial charge in [-0.15, -0.1) is 0 Å². The standard InChI is InChI=1S/C10H15NO2S/c12-8-2-1-3-9-14(13)10-4-6-11-7-5-10/h4-7,12H,1-3,8-9H2. The first-order valence-electron chi connectivity index (χ1n) is 4.74. The zero-order chi connectivity index (χ0) is 10.2. The van der Waals surface area contributed by atoms with Crippen LogP contribution in [0.5, 0.6) is 0 Å². The van der Waals surface area contributed by atoms with Crippen molar-refractivity contribution < 1.29 is 9.32 Å². The summed E-state index contributed by atoms with van der Waals surface area (Å²) >= 11 is 0. The molecular formula is C10H15NO2S. The van der Waals surface area contributed by atoms with Gasteiger partial charge in [-0.3, -0.25) is 9.19 Å². The van der Waals surface area contributed by atoms with Crippen molar-refractivity contribution in [2.45, 2.75) is 24.2 Å². The molecule has 1 aromatic rings. The number of unbranched alkanes of at least 4 members (excludes halogenated alkanes) is 2. The van der Waals surface area contributed by atoms with Gasteiger partial charge in [0.25, 0.3) is 0 Å². The number of pyridine rings is 1. The number of aliphatic hydroxyl groups excluding tert-OH is 1. The van der Waals surface area contributed by atoms with Crippen LogP contribution in [0.2, 0.25) is 0 Å². The SMILES string of the molecule is O=S(CCCCCO)c1ccncc1. The number of hydrogen-bond acceptors (Lipinski definition) is 3. The summed E-state index contributed by atoms with van der Waals surface area (Å²) < 4.78 is 11.6. The molecule has 14 heavy (non-hydrogen) atoms. The van der Waals surface area contributed by atoms with Crippen LogP contribution in [0.4, 0.5) is 0 Å². The summed E-state index contributed by atoms with van der Waals surface area (Å²) in [7, 11) is -0.909. The molecule has 0 saturated heterocycles. The Balaban J connectivity index is 2.29. The first-order chi connectivity index (χ1) is 6.84. The third-order valence-corrected chi connectivity index (χ3v) is 3.36. The highest BCUT2D eigenvalue weighted by molar-refractivity contribution is 7.85. The molecule has 0 aliphatic rings. The molecule has 0 bridgehead atoms. The summed E-state index contributed by atoms with van der Waals surface area (Å²) in [5, 5.41) is 8.56. The Morgan fingerprint density at radius 2 is 1.93 bits per heavy atom. The molecule has 1 rings (SSSR count). The molecule has 0 amide bonds. The van der Waals surface area contributed by atoms with Gasteiger partial charge in [0, 0.05) is 29.6 Å². The van der Waals surface area contributed by atoms with Crippen molar-refractivity contribution >= 4 is 10.8 Å². The quantitative estimate of drug-likeness (QED) is 0.726. The number of aliphatic hydroxyl groups is 1. The Morgan fingerprint density at radius 3 is 2.57 bits per heavy atom. The van der Waals surface area contributed by atoms with Gasteiger partial charge in [-0.2, -0.15) is 0 Å². The van der Waals surface area contributed by atoms with Crippen LogP contribution in [-0.2, 0) is 10.8 Å². The van der Waals surface area contributed by atoms with Crippen LogP contribution in [0.15, 0.2) is 29.4 Å². The largest absolute Gasteiger partial charge is 0.396 e. The van der Waals surface area contributed by atoms with E-state index in [9.17, 15) is 4.21 Å². The number of aromatic nitrogens is 1. The van der Waals surface area contributed by atoms with Gasteiger partial charge in [-0.05, 0) is 25.0 Å². The highest BCUT2D eigenvalue weighted by Gasteiger charge is 2.01. The Morgan fingerprint density at radius 1 is 1.21 bits per heavy atom. The van der Waals surface area contributed by atoms with Gasteiger partial charge in [-0.1, -0.05) is 6.42 Å². The Hall–Kier alpha value is -0.740. The minimum atomic E-state index is -0.909. The third kappa shape index (κ3) is 3.98. The summed E-state index contributed by atoms with van der Waals surface area (Å²) in [6.45, 7) is 0.224. The predicted octanol–water partition coefficient (Wildman–Crippen LogP) is 1.35. The van der Waals surface area contributed by atoms with E-state index in [1.165, 1.54) is 0 Å². The van der Waals surface area contributed by atoms with Crippen LogP contribution in [-0.4, -0.2) is 26.7 Å². The topological polar surface area (TPSA) is 50.2 Å². The molecule has 1 aromatic heterocycles.